The lowest BCUT2D eigenvalue weighted by Gasteiger charge is -2.34. The molecule has 4 aromatic carbocycles. The van der Waals surface area contributed by atoms with Crippen molar-refractivity contribution in [1.82, 2.24) is 10.2 Å². The summed E-state index contributed by atoms with van der Waals surface area (Å²) in [6.07, 6.45) is 0.195. The highest BCUT2D eigenvalue weighted by molar-refractivity contribution is 7.92. The number of halogens is 1. The first kappa shape index (κ1) is 33.4. The van der Waals surface area contributed by atoms with Gasteiger partial charge >= 0.3 is 0 Å². The topological polar surface area (TPSA) is 86.8 Å². The van der Waals surface area contributed by atoms with Crippen molar-refractivity contribution in [2.75, 3.05) is 10.8 Å². The Morgan fingerprint density at radius 3 is 1.96 bits per heavy atom. The van der Waals surface area contributed by atoms with Crippen LogP contribution in [0.2, 0.25) is 0 Å². The van der Waals surface area contributed by atoms with E-state index in [9.17, 15) is 22.4 Å². The molecule has 0 bridgehead atoms. The Bertz CT molecular complexity index is 1700. The van der Waals surface area contributed by atoms with Crippen molar-refractivity contribution in [1.29, 1.82) is 0 Å². The zero-order chi connectivity index (χ0) is 32.7. The molecule has 1 N–H and O–H groups in total. The molecule has 0 aliphatic carbocycles. The summed E-state index contributed by atoms with van der Waals surface area (Å²) < 4.78 is 43.3. The zero-order valence-electron chi connectivity index (χ0n) is 26.3. The summed E-state index contributed by atoms with van der Waals surface area (Å²) in [6, 6.07) is 25.7. The SMILES string of the molecule is Cc1ccc(S(=O)(=O)N(CC(=O)N(Cc2ccc(F)cc2)[C@H](Cc2ccccc2)C(=O)NC(C)C)c2cc(C)cc(C)c2)cc1. The van der Waals surface area contributed by atoms with E-state index in [0.717, 1.165) is 26.6 Å². The van der Waals surface area contributed by atoms with Crippen molar-refractivity contribution in [3.63, 3.8) is 0 Å². The van der Waals surface area contributed by atoms with Gasteiger partial charge in [0.1, 0.15) is 18.4 Å². The van der Waals surface area contributed by atoms with E-state index in [4.69, 9.17) is 0 Å². The van der Waals surface area contributed by atoms with Crippen molar-refractivity contribution >= 4 is 27.5 Å². The van der Waals surface area contributed by atoms with E-state index in [0.29, 0.717) is 11.3 Å². The number of hydrogen-bond acceptors (Lipinski definition) is 4. The number of anilines is 1. The van der Waals surface area contributed by atoms with Crippen molar-refractivity contribution in [2.24, 2.45) is 0 Å². The molecule has 0 spiro atoms. The van der Waals surface area contributed by atoms with Gasteiger partial charge in [0, 0.05) is 19.0 Å². The maximum atomic E-state index is 14.5. The van der Waals surface area contributed by atoms with Gasteiger partial charge in [0.15, 0.2) is 0 Å². The second kappa shape index (κ2) is 14.5. The van der Waals surface area contributed by atoms with Crippen molar-refractivity contribution in [3.05, 3.63) is 131 Å². The van der Waals surface area contributed by atoms with Crippen LogP contribution in [0, 0.1) is 26.6 Å². The Balaban J connectivity index is 1.82. The minimum atomic E-state index is -4.20. The molecule has 45 heavy (non-hydrogen) atoms. The number of carbonyl (C=O) groups is 2. The summed E-state index contributed by atoms with van der Waals surface area (Å²) in [5.74, 6) is -1.38. The molecule has 0 aliphatic rings. The molecule has 0 saturated carbocycles. The van der Waals surface area contributed by atoms with E-state index in [2.05, 4.69) is 5.32 Å². The number of nitrogens with one attached hydrogen (secondary N) is 1. The molecule has 0 saturated heterocycles. The molecule has 0 heterocycles. The van der Waals surface area contributed by atoms with E-state index >= 15 is 0 Å². The first-order valence-corrected chi connectivity index (χ1v) is 16.3. The first-order chi connectivity index (χ1) is 21.3. The van der Waals surface area contributed by atoms with Gasteiger partial charge in [-0.25, -0.2) is 12.8 Å². The van der Waals surface area contributed by atoms with E-state index in [1.165, 1.54) is 29.2 Å². The molecule has 0 aromatic heterocycles. The summed E-state index contributed by atoms with van der Waals surface area (Å²) in [5.41, 5.74) is 4.34. The minimum absolute atomic E-state index is 0.0343. The van der Waals surface area contributed by atoms with Crippen molar-refractivity contribution in [2.45, 2.75) is 64.6 Å². The maximum Gasteiger partial charge on any atom is 0.264 e. The molecular weight excluding hydrogens is 589 g/mol. The number of aryl methyl sites for hydroxylation is 3. The average molecular weight is 630 g/mol. The lowest BCUT2D eigenvalue weighted by Crippen LogP contribution is -2.54. The Morgan fingerprint density at radius 2 is 1.38 bits per heavy atom. The predicted octanol–water partition coefficient (Wildman–Crippen LogP) is 6.11. The van der Waals surface area contributed by atoms with Gasteiger partial charge in [-0.05, 0) is 93.3 Å². The van der Waals surface area contributed by atoms with Crippen LogP contribution in [0.5, 0.6) is 0 Å². The fraction of sp³-hybridized carbons (Fsp3) is 0.278. The van der Waals surface area contributed by atoms with Crippen LogP contribution >= 0.6 is 0 Å². The zero-order valence-corrected chi connectivity index (χ0v) is 27.1. The van der Waals surface area contributed by atoms with E-state index in [-0.39, 0.29) is 29.8 Å². The van der Waals surface area contributed by atoms with Crippen LogP contribution in [0.25, 0.3) is 0 Å². The number of carbonyl (C=O) groups excluding carboxylic acids is 2. The molecule has 9 heteroatoms. The van der Waals surface area contributed by atoms with Crippen molar-refractivity contribution < 1.29 is 22.4 Å². The van der Waals surface area contributed by atoms with Crippen LogP contribution < -0.4 is 9.62 Å². The van der Waals surface area contributed by atoms with Gasteiger partial charge < -0.3 is 10.2 Å². The third kappa shape index (κ3) is 8.79. The monoisotopic (exact) mass is 629 g/mol. The molecule has 4 rings (SSSR count). The summed E-state index contributed by atoms with van der Waals surface area (Å²) in [4.78, 5) is 29.7. The van der Waals surface area contributed by atoms with Crippen LogP contribution in [-0.2, 0) is 32.6 Å². The van der Waals surface area contributed by atoms with Crippen LogP contribution in [0.3, 0.4) is 0 Å². The predicted molar refractivity (Wildman–Crippen MR) is 176 cm³/mol. The number of amides is 2. The molecule has 4 aromatic rings. The second-order valence-electron chi connectivity index (χ2n) is 11.7. The number of rotatable bonds is 12. The standard InChI is InChI=1S/C36H40FN3O4S/c1-25(2)38-36(42)34(22-29-9-7-6-8-10-29)39(23-30-13-15-31(37)16-14-30)35(41)24-40(32-20-27(4)19-28(5)21-32)45(43,44)33-17-11-26(3)12-18-33/h6-21,25,34H,22-24H2,1-5H3,(H,38,42)/t34-/m1/s1. The smallest absolute Gasteiger partial charge is 0.264 e. The van der Waals surface area contributed by atoms with Gasteiger partial charge in [-0.15, -0.1) is 0 Å². The Kier molecular flexibility index (Phi) is 10.8. The molecule has 1 atom stereocenters. The maximum absolute atomic E-state index is 14.5. The normalized spacial score (nSPS) is 12.1. The van der Waals surface area contributed by atoms with E-state index < -0.39 is 34.3 Å². The molecule has 0 radical (unpaired) electrons. The summed E-state index contributed by atoms with van der Waals surface area (Å²) in [7, 11) is -4.20. The number of hydrogen-bond donors (Lipinski definition) is 1. The quantitative estimate of drug-likeness (QED) is 0.205. The second-order valence-corrected chi connectivity index (χ2v) is 13.5. The first-order valence-electron chi connectivity index (χ1n) is 14.9. The molecule has 0 fully saturated rings. The van der Waals surface area contributed by atoms with Gasteiger partial charge in [-0.1, -0.05) is 66.2 Å². The molecule has 7 nitrogen and oxygen atoms in total. The van der Waals surface area contributed by atoms with Crippen LogP contribution in [0.4, 0.5) is 10.1 Å². The lowest BCUT2D eigenvalue weighted by molar-refractivity contribution is -0.140. The Labute approximate surface area is 265 Å². The molecule has 236 valence electrons. The molecule has 2 amide bonds. The lowest BCUT2D eigenvalue weighted by atomic mass is 10.0. The van der Waals surface area contributed by atoms with E-state index in [1.54, 1.807) is 36.4 Å². The summed E-state index contributed by atoms with van der Waals surface area (Å²) in [6.45, 7) is 8.67. The van der Waals surface area contributed by atoms with E-state index in [1.807, 2.05) is 71.0 Å². The Hall–Kier alpha value is -4.50. The van der Waals surface area contributed by atoms with Gasteiger partial charge in [-0.3, -0.25) is 13.9 Å². The summed E-state index contributed by atoms with van der Waals surface area (Å²) >= 11 is 0. The average Bonchev–Trinajstić information content (AvgIpc) is 2.98. The fourth-order valence-electron chi connectivity index (χ4n) is 5.18. The van der Waals surface area contributed by atoms with Gasteiger partial charge in [0.2, 0.25) is 11.8 Å². The molecule has 0 aliphatic heterocycles. The third-order valence-corrected chi connectivity index (χ3v) is 9.14. The number of nitrogens with zero attached hydrogens (tertiary/aromatic N) is 2. The van der Waals surface area contributed by atoms with Crippen molar-refractivity contribution in [3.8, 4) is 0 Å². The van der Waals surface area contributed by atoms with Crippen LogP contribution in [0.15, 0.2) is 102 Å². The number of sulfonamides is 1. The fourth-order valence-corrected chi connectivity index (χ4v) is 6.58. The van der Waals surface area contributed by atoms with Gasteiger partial charge in [0.05, 0.1) is 10.6 Å². The molecule has 0 unspecified atom stereocenters. The highest BCUT2D eigenvalue weighted by Crippen LogP contribution is 2.27. The van der Waals surface area contributed by atoms with Crippen LogP contribution in [-0.4, -0.2) is 43.8 Å². The largest absolute Gasteiger partial charge is 0.352 e. The van der Waals surface area contributed by atoms with Gasteiger partial charge in [0.25, 0.3) is 10.0 Å². The van der Waals surface area contributed by atoms with Crippen LogP contribution in [0.1, 0.15) is 41.7 Å². The highest BCUT2D eigenvalue weighted by atomic mass is 32.2. The third-order valence-electron chi connectivity index (χ3n) is 7.35. The molecular formula is C36H40FN3O4S. The minimum Gasteiger partial charge on any atom is -0.352 e. The Morgan fingerprint density at radius 1 is 0.778 bits per heavy atom. The van der Waals surface area contributed by atoms with Gasteiger partial charge in [-0.2, -0.15) is 0 Å². The highest BCUT2D eigenvalue weighted by Gasteiger charge is 2.35. The summed E-state index contributed by atoms with van der Waals surface area (Å²) in [5, 5.41) is 2.93. The number of benzene rings is 4.